The zero-order valence-electron chi connectivity index (χ0n) is 14.3. The second-order valence-corrected chi connectivity index (χ2v) is 6.34. The summed E-state index contributed by atoms with van der Waals surface area (Å²) >= 11 is 0. The zero-order valence-corrected chi connectivity index (χ0v) is 14.3. The van der Waals surface area contributed by atoms with Crippen molar-refractivity contribution >= 4 is 10.8 Å². The van der Waals surface area contributed by atoms with Crippen LogP contribution in [0.2, 0.25) is 0 Å². The van der Waals surface area contributed by atoms with Gasteiger partial charge in [-0.05, 0) is 42.7 Å². The summed E-state index contributed by atoms with van der Waals surface area (Å²) < 4.78 is 7.16. The summed E-state index contributed by atoms with van der Waals surface area (Å²) in [6, 6.07) is 13.9. The van der Waals surface area contributed by atoms with Crippen molar-refractivity contribution in [1.29, 1.82) is 0 Å². The van der Waals surface area contributed by atoms with Gasteiger partial charge in [0.25, 0.3) is 5.56 Å². The quantitative estimate of drug-likeness (QED) is 0.736. The standard InChI is InChI=1S/C20H21N3O2/c1-2-25-18-8-7-15-9-10-22(13-17(15)11-18)14-23-20(24)19-6-4-3-5-16(19)12-21-23/h3-8,11-12H,2,9-10,13-14H2,1H3. The summed E-state index contributed by atoms with van der Waals surface area (Å²) in [6.07, 6.45) is 2.74. The number of nitrogens with zero attached hydrogens (tertiary/aromatic N) is 3. The molecule has 1 aliphatic rings. The van der Waals surface area contributed by atoms with Gasteiger partial charge in [-0.3, -0.25) is 9.69 Å². The van der Waals surface area contributed by atoms with Gasteiger partial charge in [0.05, 0.1) is 24.9 Å². The first kappa shape index (κ1) is 15.8. The van der Waals surface area contributed by atoms with Crippen molar-refractivity contribution in [3.8, 4) is 5.75 Å². The molecule has 128 valence electrons. The molecule has 0 unspecified atom stereocenters. The Kier molecular flexibility index (Phi) is 4.24. The maximum absolute atomic E-state index is 12.6. The van der Waals surface area contributed by atoms with E-state index in [1.165, 1.54) is 11.1 Å². The number of fused-ring (bicyclic) bond motifs is 2. The number of hydrogen-bond donors (Lipinski definition) is 0. The molecule has 5 nitrogen and oxygen atoms in total. The molecular formula is C20H21N3O2. The Morgan fingerprint density at radius 3 is 2.92 bits per heavy atom. The molecule has 2 aromatic carbocycles. The van der Waals surface area contributed by atoms with E-state index in [2.05, 4.69) is 22.1 Å². The zero-order chi connectivity index (χ0) is 17.2. The van der Waals surface area contributed by atoms with Crippen molar-refractivity contribution in [2.45, 2.75) is 26.6 Å². The minimum absolute atomic E-state index is 0.0352. The average molecular weight is 335 g/mol. The molecule has 0 spiro atoms. The molecule has 25 heavy (non-hydrogen) atoms. The highest BCUT2D eigenvalue weighted by atomic mass is 16.5. The summed E-state index contributed by atoms with van der Waals surface area (Å²) in [6.45, 7) is 4.88. The van der Waals surface area contributed by atoms with Crippen molar-refractivity contribution in [2.75, 3.05) is 13.2 Å². The first-order chi connectivity index (χ1) is 12.2. The molecule has 1 aliphatic heterocycles. The molecule has 2 heterocycles. The van der Waals surface area contributed by atoms with Gasteiger partial charge in [0, 0.05) is 18.5 Å². The Morgan fingerprint density at radius 1 is 1.16 bits per heavy atom. The van der Waals surface area contributed by atoms with Crippen LogP contribution < -0.4 is 10.3 Å². The van der Waals surface area contributed by atoms with Gasteiger partial charge in [-0.25, -0.2) is 4.68 Å². The molecule has 0 atom stereocenters. The van der Waals surface area contributed by atoms with Crippen molar-refractivity contribution in [1.82, 2.24) is 14.7 Å². The molecule has 0 saturated heterocycles. The minimum atomic E-state index is -0.0352. The lowest BCUT2D eigenvalue weighted by Crippen LogP contribution is -2.37. The van der Waals surface area contributed by atoms with E-state index in [0.29, 0.717) is 18.7 Å². The highest BCUT2D eigenvalue weighted by Gasteiger charge is 2.18. The lowest BCUT2D eigenvalue weighted by Gasteiger charge is -2.29. The lowest BCUT2D eigenvalue weighted by atomic mass is 10.00. The largest absolute Gasteiger partial charge is 0.494 e. The topological polar surface area (TPSA) is 47.4 Å². The lowest BCUT2D eigenvalue weighted by molar-refractivity contribution is 0.185. The van der Waals surface area contributed by atoms with E-state index in [4.69, 9.17) is 4.74 Å². The number of benzene rings is 2. The molecule has 0 fully saturated rings. The van der Waals surface area contributed by atoms with Crippen LogP contribution in [0.15, 0.2) is 53.5 Å². The highest BCUT2D eigenvalue weighted by molar-refractivity contribution is 5.80. The van der Waals surface area contributed by atoms with Gasteiger partial charge < -0.3 is 4.74 Å². The monoisotopic (exact) mass is 335 g/mol. The van der Waals surface area contributed by atoms with Crippen LogP contribution in [0.25, 0.3) is 10.8 Å². The summed E-state index contributed by atoms with van der Waals surface area (Å²) in [5, 5.41) is 5.94. The smallest absolute Gasteiger partial charge is 0.275 e. The third-order valence-corrected chi connectivity index (χ3v) is 4.68. The fraction of sp³-hybridized carbons (Fsp3) is 0.300. The van der Waals surface area contributed by atoms with Crippen LogP contribution in [-0.2, 0) is 19.6 Å². The van der Waals surface area contributed by atoms with Crippen molar-refractivity contribution < 1.29 is 4.74 Å². The summed E-state index contributed by atoms with van der Waals surface area (Å²) in [5.74, 6) is 0.907. The average Bonchev–Trinajstić information content (AvgIpc) is 2.64. The van der Waals surface area contributed by atoms with E-state index in [9.17, 15) is 4.79 Å². The molecule has 4 rings (SSSR count). The van der Waals surface area contributed by atoms with Gasteiger partial charge in [-0.15, -0.1) is 0 Å². The molecule has 5 heteroatoms. The number of ether oxygens (including phenoxy) is 1. The van der Waals surface area contributed by atoms with Crippen LogP contribution in [-0.4, -0.2) is 27.8 Å². The Labute approximate surface area is 146 Å². The van der Waals surface area contributed by atoms with Crippen LogP contribution in [0.5, 0.6) is 5.75 Å². The third kappa shape index (κ3) is 3.15. The first-order valence-corrected chi connectivity index (χ1v) is 8.66. The molecule has 0 N–H and O–H groups in total. The van der Waals surface area contributed by atoms with Crippen LogP contribution in [0.3, 0.4) is 0 Å². The van der Waals surface area contributed by atoms with E-state index >= 15 is 0 Å². The van der Waals surface area contributed by atoms with Crippen LogP contribution in [0.4, 0.5) is 0 Å². The van der Waals surface area contributed by atoms with Gasteiger partial charge in [0.15, 0.2) is 0 Å². The van der Waals surface area contributed by atoms with E-state index < -0.39 is 0 Å². The molecule has 0 saturated carbocycles. The van der Waals surface area contributed by atoms with Crippen molar-refractivity contribution in [3.63, 3.8) is 0 Å². The number of rotatable bonds is 4. The van der Waals surface area contributed by atoms with Crippen molar-refractivity contribution in [3.05, 3.63) is 70.1 Å². The normalized spacial score (nSPS) is 14.4. The van der Waals surface area contributed by atoms with Crippen LogP contribution >= 0.6 is 0 Å². The Morgan fingerprint density at radius 2 is 2.04 bits per heavy atom. The second kappa shape index (κ2) is 6.69. The maximum atomic E-state index is 12.6. The third-order valence-electron chi connectivity index (χ3n) is 4.68. The highest BCUT2D eigenvalue weighted by Crippen LogP contribution is 2.24. The molecule has 0 amide bonds. The van der Waals surface area contributed by atoms with Gasteiger partial charge >= 0.3 is 0 Å². The predicted molar refractivity (Wildman–Crippen MR) is 97.7 cm³/mol. The molecule has 1 aromatic heterocycles. The molecule has 0 bridgehead atoms. The first-order valence-electron chi connectivity index (χ1n) is 8.66. The maximum Gasteiger partial charge on any atom is 0.275 e. The number of hydrogen-bond acceptors (Lipinski definition) is 4. The van der Waals surface area contributed by atoms with Crippen molar-refractivity contribution in [2.24, 2.45) is 0 Å². The predicted octanol–water partition coefficient (Wildman–Crippen LogP) is 2.81. The van der Waals surface area contributed by atoms with E-state index in [-0.39, 0.29) is 5.56 Å². The Bertz CT molecular complexity index is 965. The fourth-order valence-corrected chi connectivity index (χ4v) is 3.39. The Balaban J connectivity index is 1.57. The van der Waals surface area contributed by atoms with Gasteiger partial charge in [-0.2, -0.15) is 5.10 Å². The van der Waals surface area contributed by atoms with E-state index in [1.807, 2.05) is 37.3 Å². The minimum Gasteiger partial charge on any atom is -0.494 e. The van der Waals surface area contributed by atoms with Gasteiger partial charge in [-0.1, -0.05) is 24.3 Å². The van der Waals surface area contributed by atoms with Crippen LogP contribution in [0.1, 0.15) is 18.1 Å². The molecule has 3 aromatic rings. The van der Waals surface area contributed by atoms with Gasteiger partial charge in [0.2, 0.25) is 0 Å². The Hall–Kier alpha value is -2.66. The summed E-state index contributed by atoms with van der Waals surface area (Å²) in [5.41, 5.74) is 2.59. The van der Waals surface area contributed by atoms with E-state index in [1.54, 1.807) is 10.9 Å². The van der Waals surface area contributed by atoms with Crippen LogP contribution in [0, 0.1) is 0 Å². The molecule has 0 aliphatic carbocycles. The summed E-state index contributed by atoms with van der Waals surface area (Å²) in [4.78, 5) is 14.9. The van der Waals surface area contributed by atoms with Gasteiger partial charge in [0.1, 0.15) is 5.75 Å². The molecular weight excluding hydrogens is 314 g/mol. The fourth-order valence-electron chi connectivity index (χ4n) is 3.39. The molecule has 0 radical (unpaired) electrons. The van der Waals surface area contributed by atoms with E-state index in [0.717, 1.165) is 30.6 Å². The summed E-state index contributed by atoms with van der Waals surface area (Å²) in [7, 11) is 0. The SMILES string of the molecule is CCOc1ccc2c(c1)CN(Cn1ncc3ccccc3c1=O)CC2. The number of aromatic nitrogens is 2. The second-order valence-electron chi connectivity index (χ2n) is 6.34.